The molecule has 2 N–H and O–H groups in total. The third kappa shape index (κ3) is 9.02. The van der Waals surface area contributed by atoms with E-state index in [0.29, 0.717) is 6.42 Å². The molecule has 0 bridgehead atoms. The van der Waals surface area contributed by atoms with Gasteiger partial charge in [-0.1, -0.05) is 44.2 Å². The fourth-order valence-corrected chi connectivity index (χ4v) is 3.94. The summed E-state index contributed by atoms with van der Waals surface area (Å²) >= 11 is 0. The van der Waals surface area contributed by atoms with Crippen LogP contribution in [0.15, 0.2) is 30.3 Å². The molecular weight excluding hydrogens is 357 g/mol. The quantitative estimate of drug-likeness (QED) is 0.473. The van der Waals surface area contributed by atoms with Crippen molar-refractivity contribution in [2.24, 2.45) is 11.8 Å². The average Bonchev–Trinajstić information content (AvgIpc) is 2.58. The van der Waals surface area contributed by atoms with Crippen LogP contribution in [-0.2, 0) is 25.4 Å². The summed E-state index contributed by atoms with van der Waals surface area (Å²) in [6.07, 6.45) is -1.01. The van der Waals surface area contributed by atoms with Gasteiger partial charge in [-0.25, -0.2) is 4.79 Å². The maximum Gasteiger partial charge on any atom is 0.407 e. The molecule has 2 atom stereocenters. The number of rotatable bonds is 10. The van der Waals surface area contributed by atoms with E-state index in [1.54, 1.807) is 19.1 Å². The topological polar surface area (TPSA) is 102 Å². The van der Waals surface area contributed by atoms with Gasteiger partial charge in [0.2, 0.25) is 7.37 Å². The number of alkyl carbamates (subject to hydrolysis) is 1. The molecule has 0 heterocycles. The molecule has 1 rings (SSSR count). The largest absolute Gasteiger partial charge is 0.466 e. The molecule has 0 fully saturated rings. The summed E-state index contributed by atoms with van der Waals surface area (Å²) in [7, 11) is -3.74. The fraction of sp³-hybridized carbons (Fsp3) is 0.556. The second-order valence-corrected chi connectivity index (χ2v) is 8.88. The number of ether oxygens (including phenoxy) is 2. The van der Waals surface area contributed by atoms with Crippen LogP contribution in [0.5, 0.6) is 0 Å². The van der Waals surface area contributed by atoms with Crippen molar-refractivity contribution in [3.05, 3.63) is 35.9 Å². The number of esters is 1. The van der Waals surface area contributed by atoms with Gasteiger partial charge in [0.15, 0.2) is 0 Å². The molecule has 0 radical (unpaired) electrons. The summed E-state index contributed by atoms with van der Waals surface area (Å²) in [6.45, 7) is 5.82. The van der Waals surface area contributed by atoms with Crippen molar-refractivity contribution in [3.8, 4) is 0 Å². The van der Waals surface area contributed by atoms with Gasteiger partial charge >= 0.3 is 12.1 Å². The van der Waals surface area contributed by atoms with Crippen LogP contribution in [0.3, 0.4) is 0 Å². The Hall–Kier alpha value is -1.85. The van der Waals surface area contributed by atoms with Crippen LogP contribution >= 0.6 is 7.37 Å². The zero-order valence-electron chi connectivity index (χ0n) is 15.5. The van der Waals surface area contributed by atoms with E-state index in [-0.39, 0.29) is 25.3 Å². The van der Waals surface area contributed by atoms with Crippen molar-refractivity contribution in [2.75, 3.05) is 19.1 Å². The molecule has 0 spiro atoms. The fourth-order valence-electron chi connectivity index (χ4n) is 2.45. The van der Waals surface area contributed by atoms with Gasteiger partial charge in [0, 0.05) is 6.16 Å². The molecule has 7 nitrogen and oxygen atoms in total. The van der Waals surface area contributed by atoms with E-state index in [0.717, 1.165) is 5.56 Å². The Balaban J connectivity index is 2.50. The van der Waals surface area contributed by atoms with Gasteiger partial charge in [-0.2, -0.15) is 0 Å². The molecule has 0 aliphatic carbocycles. The number of amides is 1. The molecule has 1 aromatic carbocycles. The molecular formula is C18H28NO6P. The highest BCUT2D eigenvalue weighted by Crippen LogP contribution is 2.42. The Kier molecular flexibility index (Phi) is 9.38. The van der Waals surface area contributed by atoms with Crippen molar-refractivity contribution < 1.29 is 28.5 Å². The maximum absolute atomic E-state index is 12.4. The van der Waals surface area contributed by atoms with Gasteiger partial charge in [0.05, 0.1) is 18.8 Å². The highest BCUT2D eigenvalue weighted by atomic mass is 31.2. The van der Waals surface area contributed by atoms with E-state index in [1.165, 1.54) is 0 Å². The van der Waals surface area contributed by atoms with E-state index in [9.17, 15) is 19.0 Å². The molecule has 0 saturated heterocycles. The normalized spacial score (nSPS) is 14.3. The van der Waals surface area contributed by atoms with Gasteiger partial charge in [0.1, 0.15) is 6.61 Å². The Morgan fingerprint density at radius 1 is 1.19 bits per heavy atom. The first-order valence-electron chi connectivity index (χ1n) is 8.65. The molecule has 0 saturated carbocycles. The number of carbonyl (C=O) groups is 2. The molecule has 8 heteroatoms. The van der Waals surface area contributed by atoms with E-state index < -0.39 is 31.6 Å². The van der Waals surface area contributed by atoms with Gasteiger partial charge in [-0.05, 0) is 24.8 Å². The van der Waals surface area contributed by atoms with Gasteiger partial charge in [-0.3, -0.25) is 9.36 Å². The minimum Gasteiger partial charge on any atom is -0.466 e. The summed E-state index contributed by atoms with van der Waals surface area (Å²) in [5, 5.41) is 2.30. The third-order valence-corrected chi connectivity index (χ3v) is 5.23. The second kappa shape index (κ2) is 11.0. The second-order valence-electron chi connectivity index (χ2n) is 6.50. The summed E-state index contributed by atoms with van der Waals surface area (Å²) in [4.78, 5) is 33.8. The number of hydrogen-bond donors (Lipinski definition) is 2. The van der Waals surface area contributed by atoms with Crippen LogP contribution in [0.2, 0.25) is 0 Å². The van der Waals surface area contributed by atoms with Gasteiger partial charge in [-0.15, -0.1) is 0 Å². The number of hydrogen-bond acceptors (Lipinski definition) is 5. The Morgan fingerprint density at radius 2 is 1.85 bits per heavy atom. The van der Waals surface area contributed by atoms with Crippen LogP contribution in [0, 0.1) is 11.8 Å². The number of benzene rings is 1. The van der Waals surface area contributed by atoms with E-state index >= 15 is 0 Å². The Morgan fingerprint density at radius 3 is 2.42 bits per heavy atom. The van der Waals surface area contributed by atoms with Crippen LogP contribution in [-0.4, -0.2) is 36.0 Å². The highest BCUT2D eigenvalue weighted by Gasteiger charge is 2.31. The monoisotopic (exact) mass is 385 g/mol. The minimum atomic E-state index is -3.74. The Labute approximate surface area is 154 Å². The molecule has 0 aromatic heterocycles. The molecule has 0 aliphatic rings. The van der Waals surface area contributed by atoms with Crippen LogP contribution in [0.1, 0.15) is 32.8 Å². The van der Waals surface area contributed by atoms with E-state index in [4.69, 9.17) is 9.47 Å². The molecule has 1 amide bonds. The van der Waals surface area contributed by atoms with Crippen LogP contribution in [0.4, 0.5) is 4.79 Å². The molecule has 26 heavy (non-hydrogen) atoms. The summed E-state index contributed by atoms with van der Waals surface area (Å²) in [5.74, 6) is -0.983. The first kappa shape index (κ1) is 22.2. The van der Waals surface area contributed by atoms with E-state index in [2.05, 4.69) is 5.32 Å². The lowest BCUT2D eigenvalue weighted by Gasteiger charge is -2.21. The highest BCUT2D eigenvalue weighted by molar-refractivity contribution is 7.58. The molecule has 1 unspecified atom stereocenters. The Bertz CT molecular complexity index is 619. The SMILES string of the molecule is CCOC(=O)[C@@H](CC(C)C)CP(=O)(O)CNC(=O)OCc1ccccc1. The lowest BCUT2D eigenvalue weighted by Crippen LogP contribution is -2.29. The van der Waals surface area contributed by atoms with Crippen LogP contribution in [0.25, 0.3) is 0 Å². The zero-order valence-corrected chi connectivity index (χ0v) is 16.4. The predicted octanol–water partition coefficient (Wildman–Crippen LogP) is 3.37. The van der Waals surface area contributed by atoms with Crippen molar-refractivity contribution in [3.63, 3.8) is 0 Å². The maximum atomic E-state index is 12.4. The van der Waals surface area contributed by atoms with Gasteiger partial charge < -0.3 is 19.7 Å². The first-order valence-corrected chi connectivity index (χ1v) is 10.7. The predicted molar refractivity (Wildman–Crippen MR) is 98.9 cm³/mol. The molecule has 146 valence electrons. The smallest absolute Gasteiger partial charge is 0.407 e. The number of carbonyl (C=O) groups excluding carboxylic acids is 2. The lowest BCUT2D eigenvalue weighted by molar-refractivity contribution is -0.147. The van der Waals surface area contributed by atoms with Crippen molar-refractivity contribution in [2.45, 2.75) is 33.8 Å². The first-order chi connectivity index (χ1) is 12.2. The third-order valence-electron chi connectivity index (χ3n) is 3.56. The summed E-state index contributed by atoms with van der Waals surface area (Å²) in [6, 6.07) is 9.11. The number of nitrogens with one attached hydrogen (secondary N) is 1. The average molecular weight is 385 g/mol. The molecule has 0 aliphatic heterocycles. The summed E-state index contributed by atoms with van der Waals surface area (Å²) < 4.78 is 22.4. The molecule has 1 aromatic rings. The van der Waals surface area contributed by atoms with E-state index in [1.807, 2.05) is 32.0 Å². The van der Waals surface area contributed by atoms with Crippen molar-refractivity contribution in [1.82, 2.24) is 5.32 Å². The lowest BCUT2D eigenvalue weighted by atomic mass is 9.99. The zero-order chi connectivity index (χ0) is 19.6. The summed E-state index contributed by atoms with van der Waals surface area (Å²) in [5.41, 5.74) is 0.814. The van der Waals surface area contributed by atoms with Gasteiger partial charge in [0.25, 0.3) is 0 Å². The van der Waals surface area contributed by atoms with Crippen LogP contribution < -0.4 is 5.32 Å². The minimum absolute atomic E-state index is 0.0706. The standard InChI is InChI=1S/C18H28NO6P/c1-4-24-17(20)16(10-14(2)3)12-26(22,23)13-19-18(21)25-11-15-8-6-5-7-9-15/h5-9,14,16H,4,10-13H2,1-3H3,(H,19,21)(H,22,23)/t16-/m0/s1. The van der Waals surface area contributed by atoms with Crippen molar-refractivity contribution in [1.29, 1.82) is 0 Å². The van der Waals surface area contributed by atoms with Crippen molar-refractivity contribution >= 4 is 19.4 Å².